The predicted octanol–water partition coefficient (Wildman–Crippen LogP) is 2.67. The Hall–Kier alpha value is -3.02. The molecule has 0 saturated carbocycles. The Balaban J connectivity index is 1.59. The molecular formula is C20H23N3O3. The number of carboxylic acid groups (broad SMARTS) is 1. The molecule has 0 aliphatic carbocycles. The Kier molecular flexibility index (Phi) is 5.41. The van der Waals surface area contributed by atoms with Gasteiger partial charge in [0.25, 0.3) is 0 Å². The summed E-state index contributed by atoms with van der Waals surface area (Å²) in [6.45, 7) is 5.41. The summed E-state index contributed by atoms with van der Waals surface area (Å²) < 4.78 is 0. The van der Waals surface area contributed by atoms with Crippen LogP contribution in [-0.2, 0) is 11.3 Å². The van der Waals surface area contributed by atoms with Crippen molar-refractivity contribution in [1.82, 2.24) is 4.90 Å². The van der Waals surface area contributed by atoms with Crippen molar-refractivity contribution in [3.63, 3.8) is 0 Å². The van der Waals surface area contributed by atoms with Crippen molar-refractivity contribution in [2.75, 3.05) is 36.4 Å². The molecule has 6 nitrogen and oxygen atoms in total. The van der Waals surface area contributed by atoms with Gasteiger partial charge in [0, 0.05) is 51.0 Å². The molecule has 26 heavy (non-hydrogen) atoms. The molecule has 6 heteroatoms. The van der Waals surface area contributed by atoms with Gasteiger partial charge in [-0.2, -0.15) is 0 Å². The van der Waals surface area contributed by atoms with Crippen LogP contribution in [0.4, 0.5) is 11.4 Å². The van der Waals surface area contributed by atoms with E-state index in [0.717, 1.165) is 43.1 Å². The summed E-state index contributed by atoms with van der Waals surface area (Å²) in [7, 11) is 0. The van der Waals surface area contributed by atoms with E-state index >= 15 is 0 Å². The van der Waals surface area contributed by atoms with Crippen LogP contribution < -0.4 is 10.2 Å². The van der Waals surface area contributed by atoms with Crippen LogP contribution in [-0.4, -0.2) is 48.1 Å². The predicted molar refractivity (Wildman–Crippen MR) is 102 cm³/mol. The molecule has 136 valence electrons. The van der Waals surface area contributed by atoms with Gasteiger partial charge in [0.05, 0.1) is 5.56 Å². The quantitative estimate of drug-likeness (QED) is 0.865. The molecule has 0 spiro atoms. The van der Waals surface area contributed by atoms with Gasteiger partial charge in [-0.3, -0.25) is 4.79 Å². The van der Waals surface area contributed by atoms with E-state index in [1.54, 1.807) is 19.1 Å². The first kappa shape index (κ1) is 17.8. The third-order valence-electron chi connectivity index (χ3n) is 4.63. The average molecular weight is 353 g/mol. The fourth-order valence-corrected chi connectivity index (χ4v) is 3.06. The van der Waals surface area contributed by atoms with E-state index in [1.165, 1.54) is 0 Å². The van der Waals surface area contributed by atoms with Gasteiger partial charge < -0.3 is 20.2 Å². The largest absolute Gasteiger partial charge is 0.478 e. The maximum atomic E-state index is 11.4. The Labute approximate surface area is 153 Å². The number of carbonyl (C=O) groups is 2. The van der Waals surface area contributed by atoms with Crippen LogP contribution in [0.2, 0.25) is 0 Å². The fourth-order valence-electron chi connectivity index (χ4n) is 3.06. The van der Waals surface area contributed by atoms with Gasteiger partial charge in [-0.15, -0.1) is 0 Å². The Morgan fingerprint density at radius 1 is 1.04 bits per heavy atom. The van der Waals surface area contributed by atoms with Crippen LogP contribution in [0.3, 0.4) is 0 Å². The topological polar surface area (TPSA) is 72.9 Å². The van der Waals surface area contributed by atoms with Crippen molar-refractivity contribution >= 4 is 23.3 Å². The molecule has 1 aliphatic rings. The molecule has 2 aromatic rings. The number of nitrogens with one attached hydrogen (secondary N) is 1. The number of rotatable bonds is 5. The zero-order valence-electron chi connectivity index (χ0n) is 14.8. The Morgan fingerprint density at radius 2 is 1.73 bits per heavy atom. The number of piperazine rings is 1. The van der Waals surface area contributed by atoms with Crippen molar-refractivity contribution < 1.29 is 14.7 Å². The third kappa shape index (κ3) is 4.33. The monoisotopic (exact) mass is 353 g/mol. The zero-order chi connectivity index (χ0) is 18.5. The lowest BCUT2D eigenvalue weighted by Crippen LogP contribution is -2.48. The molecule has 1 amide bonds. The Bertz CT molecular complexity index is 781. The molecule has 1 aliphatic heterocycles. The number of hydrogen-bond acceptors (Lipinski definition) is 4. The van der Waals surface area contributed by atoms with Crippen molar-refractivity contribution in [2.45, 2.75) is 13.5 Å². The van der Waals surface area contributed by atoms with Crippen LogP contribution in [0, 0.1) is 0 Å². The first-order chi connectivity index (χ1) is 12.5. The summed E-state index contributed by atoms with van der Waals surface area (Å²) >= 11 is 0. The maximum Gasteiger partial charge on any atom is 0.335 e. The zero-order valence-corrected chi connectivity index (χ0v) is 14.8. The lowest BCUT2D eigenvalue weighted by molar-refractivity contribution is -0.129. The summed E-state index contributed by atoms with van der Waals surface area (Å²) in [5.41, 5.74) is 3.47. The van der Waals surface area contributed by atoms with E-state index in [4.69, 9.17) is 5.11 Å². The number of aromatic carboxylic acids is 1. The summed E-state index contributed by atoms with van der Waals surface area (Å²) in [6.07, 6.45) is 0. The second-order valence-electron chi connectivity index (χ2n) is 6.40. The molecule has 0 radical (unpaired) electrons. The normalized spacial score (nSPS) is 14.2. The highest BCUT2D eigenvalue weighted by atomic mass is 16.4. The molecular weight excluding hydrogens is 330 g/mol. The van der Waals surface area contributed by atoms with Gasteiger partial charge in [-0.25, -0.2) is 4.79 Å². The van der Waals surface area contributed by atoms with Gasteiger partial charge in [-0.1, -0.05) is 18.2 Å². The molecule has 0 unspecified atom stereocenters. The highest BCUT2D eigenvalue weighted by Gasteiger charge is 2.18. The first-order valence-electron chi connectivity index (χ1n) is 8.69. The summed E-state index contributed by atoms with van der Waals surface area (Å²) in [5.74, 6) is -0.781. The van der Waals surface area contributed by atoms with Crippen LogP contribution in [0.15, 0.2) is 48.5 Å². The third-order valence-corrected chi connectivity index (χ3v) is 4.63. The van der Waals surface area contributed by atoms with Crippen LogP contribution >= 0.6 is 0 Å². The van der Waals surface area contributed by atoms with Crippen LogP contribution in [0.5, 0.6) is 0 Å². The minimum absolute atomic E-state index is 0.133. The van der Waals surface area contributed by atoms with Gasteiger partial charge in [0.1, 0.15) is 0 Å². The van der Waals surface area contributed by atoms with Crippen molar-refractivity contribution in [3.05, 3.63) is 59.7 Å². The van der Waals surface area contributed by atoms with E-state index in [1.807, 2.05) is 29.2 Å². The van der Waals surface area contributed by atoms with Gasteiger partial charge in [-0.05, 0) is 35.9 Å². The van der Waals surface area contributed by atoms with Crippen LogP contribution in [0.25, 0.3) is 0 Å². The van der Waals surface area contributed by atoms with Gasteiger partial charge in [0.2, 0.25) is 5.91 Å². The summed E-state index contributed by atoms with van der Waals surface area (Å²) in [4.78, 5) is 26.5. The molecule has 1 heterocycles. The molecule has 2 aromatic carbocycles. The number of nitrogens with zero attached hydrogens (tertiary/aromatic N) is 2. The van der Waals surface area contributed by atoms with E-state index in [0.29, 0.717) is 12.1 Å². The highest BCUT2D eigenvalue weighted by molar-refractivity contribution is 5.87. The number of anilines is 2. The number of carbonyl (C=O) groups excluding carboxylic acids is 1. The van der Waals surface area contributed by atoms with Crippen LogP contribution in [0.1, 0.15) is 22.8 Å². The van der Waals surface area contributed by atoms with Crippen molar-refractivity contribution in [2.24, 2.45) is 0 Å². The molecule has 1 saturated heterocycles. The summed E-state index contributed by atoms with van der Waals surface area (Å²) in [5, 5.41) is 12.3. The van der Waals surface area contributed by atoms with E-state index in [-0.39, 0.29) is 5.91 Å². The molecule has 0 aromatic heterocycles. The fraction of sp³-hybridized carbons (Fsp3) is 0.300. The lowest BCUT2D eigenvalue weighted by atomic mass is 10.1. The van der Waals surface area contributed by atoms with E-state index < -0.39 is 5.97 Å². The smallest absolute Gasteiger partial charge is 0.335 e. The number of hydrogen-bond donors (Lipinski definition) is 2. The molecule has 3 rings (SSSR count). The molecule has 2 N–H and O–H groups in total. The van der Waals surface area contributed by atoms with E-state index in [2.05, 4.69) is 22.3 Å². The molecule has 0 atom stereocenters. The lowest BCUT2D eigenvalue weighted by Gasteiger charge is -2.35. The maximum absolute atomic E-state index is 11.4. The second-order valence-corrected chi connectivity index (χ2v) is 6.40. The number of carboxylic acids is 1. The van der Waals surface area contributed by atoms with Crippen molar-refractivity contribution in [3.8, 4) is 0 Å². The van der Waals surface area contributed by atoms with Crippen molar-refractivity contribution in [1.29, 1.82) is 0 Å². The first-order valence-corrected chi connectivity index (χ1v) is 8.69. The number of benzene rings is 2. The van der Waals surface area contributed by atoms with Gasteiger partial charge in [0.15, 0.2) is 0 Å². The average Bonchev–Trinajstić information content (AvgIpc) is 2.67. The minimum Gasteiger partial charge on any atom is -0.478 e. The molecule has 0 bridgehead atoms. The SMILES string of the molecule is CC(=O)N1CCN(c2cccc(NCc3ccc(C(=O)O)cc3)c2)CC1. The van der Waals surface area contributed by atoms with E-state index in [9.17, 15) is 9.59 Å². The standard InChI is InChI=1S/C20H23N3O3/c1-15(24)22-9-11-23(12-10-22)19-4-2-3-18(13-19)21-14-16-5-7-17(8-6-16)20(25)26/h2-8,13,21H,9-12,14H2,1H3,(H,25,26). The minimum atomic E-state index is -0.915. The number of amides is 1. The highest BCUT2D eigenvalue weighted by Crippen LogP contribution is 2.21. The molecule has 1 fully saturated rings. The summed E-state index contributed by atoms with van der Waals surface area (Å²) in [6, 6.07) is 15.1. The van der Waals surface area contributed by atoms with Gasteiger partial charge >= 0.3 is 5.97 Å². The Morgan fingerprint density at radius 3 is 2.35 bits per heavy atom. The second kappa shape index (κ2) is 7.91.